The first-order valence-electron chi connectivity index (χ1n) is 8.54. The average Bonchev–Trinajstić information content (AvgIpc) is 2.62. The summed E-state index contributed by atoms with van der Waals surface area (Å²) in [4.78, 5) is 4.31. The lowest BCUT2D eigenvalue weighted by atomic mass is 10.1. The molecule has 5 heteroatoms. The van der Waals surface area contributed by atoms with E-state index in [1.54, 1.807) is 19.2 Å². The Balaban J connectivity index is 2.93. The minimum atomic E-state index is -0.324. The van der Waals surface area contributed by atoms with Crippen LogP contribution in [-0.2, 0) is 16.1 Å². The smallest absolute Gasteiger partial charge is 0.221 e. The molecule has 0 aliphatic carbocycles. The summed E-state index contributed by atoms with van der Waals surface area (Å²) in [5.41, 5.74) is 0.441. The molecule has 0 aliphatic heterocycles. The van der Waals surface area contributed by atoms with Crippen LogP contribution in [0.1, 0.15) is 39.2 Å². The van der Waals surface area contributed by atoms with Gasteiger partial charge in [0.25, 0.3) is 0 Å². The number of methoxy groups -OCH3 is 1. The van der Waals surface area contributed by atoms with Crippen LogP contribution in [0.15, 0.2) is 47.8 Å². The minimum absolute atomic E-state index is 0.203. The average molecular weight is 349 g/mol. The number of hydrogen-bond acceptors (Lipinski definition) is 4. The van der Waals surface area contributed by atoms with Gasteiger partial charge in [0.2, 0.25) is 11.8 Å². The number of nitrogens with zero attached hydrogens (tertiary/aromatic N) is 1. The third-order valence-corrected chi connectivity index (χ3v) is 3.52. The molecule has 1 aromatic carbocycles. The van der Waals surface area contributed by atoms with Gasteiger partial charge in [-0.15, -0.1) is 0 Å². The van der Waals surface area contributed by atoms with Crippen molar-refractivity contribution in [2.45, 2.75) is 40.2 Å². The number of aliphatic imine (C=N–C) groups is 1. The lowest BCUT2D eigenvalue weighted by Gasteiger charge is -2.10. The van der Waals surface area contributed by atoms with E-state index < -0.39 is 0 Å². The maximum atomic E-state index is 13.8. The molecule has 1 unspecified atom stereocenters. The van der Waals surface area contributed by atoms with Gasteiger partial charge < -0.3 is 14.2 Å². The molecule has 0 saturated carbocycles. The summed E-state index contributed by atoms with van der Waals surface area (Å²) in [6, 6.07) is 4.50. The van der Waals surface area contributed by atoms with Crippen molar-refractivity contribution < 1.29 is 18.6 Å². The van der Waals surface area contributed by atoms with E-state index in [4.69, 9.17) is 14.2 Å². The predicted octanol–water partition coefficient (Wildman–Crippen LogP) is 5.25. The quantitative estimate of drug-likeness (QED) is 0.251. The van der Waals surface area contributed by atoms with Crippen molar-refractivity contribution in [1.29, 1.82) is 0 Å². The van der Waals surface area contributed by atoms with Crippen molar-refractivity contribution >= 4 is 5.90 Å². The van der Waals surface area contributed by atoms with E-state index in [1.165, 1.54) is 12.1 Å². The molecule has 0 heterocycles. The van der Waals surface area contributed by atoms with E-state index in [0.717, 1.165) is 12.8 Å². The Kier molecular flexibility index (Phi) is 9.55. The fourth-order valence-corrected chi connectivity index (χ4v) is 1.90. The van der Waals surface area contributed by atoms with Crippen LogP contribution in [0, 0.1) is 11.7 Å². The Hall–Kier alpha value is -2.14. The molecule has 0 fully saturated rings. The van der Waals surface area contributed by atoms with Crippen LogP contribution in [0.2, 0.25) is 0 Å². The Morgan fingerprint density at radius 2 is 2.12 bits per heavy atom. The molecule has 138 valence electrons. The van der Waals surface area contributed by atoms with Gasteiger partial charge in [-0.2, -0.15) is 4.99 Å². The highest BCUT2D eigenvalue weighted by molar-refractivity contribution is 5.89. The lowest BCUT2D eigenvalue weighted by Crippen LogP contribution is -2.07. The van der Waals surface area contributed by atoms with Gasteiger partial charge in [-0.05, 0) is 49.1 Å². The van der Waals surface area contributed by atoms with Crippen LogP contribution in [0.25, 0.3) is 0 Å². The van der Waals surface area contributed by atoms with E-state index >= 15 is 0 Å². The summed E-state index contributed by atoms with van der Waals surface area (Å²) in [6.45, 7) is 10.7. The van der Waals surface area contributed by atoms with Crippen LogP contribution in [0.3, 0.4) is 0 Å². The third kappa shape index (κ3) is 7.52. The number of rotatable bonds is 10. The van der Waals surface area contributed by atoms with Crippen molar-refractivity contribution in [1.82, 2.24) is 0 Å². The SMILES string of the molecule is C=CC(=N/C(=C\C(C)CC)OC)Oc1ccc(F)c(COCCC)c1. The fourth-order valence-electron chi connectivity index (χ4n) is 1.90. The van der Waals surface area contributed by atoms with Crippen LogP contribution >= 0.6 is 0 Å². The zero-order valence-corrected chi connectivity index (χ0v) is 15.5. The highest BCUT2D eigenvalue weighted by Gasteiger charge is 2.08. The van der Waals surface area contributed by atoms with Gasteiger partial charge in [0, 0.05) is 12.2 Å². The molecule has 0 saturated heterocycles. The highest BCUT2D eigenvalue weighted by atomic mass is 19.1. The monoisotopic (exact) mass is 349 g/mol. The molecule has 25 heavy (non-hydrogen) atoms. The summed E-state index contributed by atoms with van der Waals surface area (Å²) in [6.07, 6.45) is 5.26. The molecule has 1 rings (SSSR count). The Morgan fingerprint density at radius 3 is 2.72 bits per heavy atom. The van der Waals surface area contributed by atoms with E-state index in [2.05, 4.69) is 25.4 Å². The Labute approximate surface area is 150 Å². The van der Waals surface area contributed by atoms with Gasteiger partial charge in [-0.3, -0.25) is 0 Å². The van der Waals surface area contributed by atoms with Gasteiger partial charge in [0.1, 0.15) is 11.6 Å². The molecular formula is C20H28FNO3. The molecule has 4 nitrogen and oxygen atoms in total. The maximum Gasteiger partial charge on any atom is 0.221 e. The molecule has 1 aromatic rings. The van der Waals surface area contributed by atoms with Gasteiger partial charge in [-0.25, -0.2) is 4.39 Å². The van der Waals surface area contributed by atoms with Crippen molar-refractivity contribution in [3.8, 4) is 5.75 Å². The third-order valence-electron chi connectivity index (χ3n) is 3.52. The molecule has 0 bridgehead atoms. The summed E-state index contributed by atoms with van der Waals surface area (Å²) in [5, 5.41) is 0. The highest BCUT2D eigenvalue weighted by Crippen LogP contribution is 2.19. The van der Waals surface area contributed by atoms with Crippen LogP contribution < -0.4 is 4.74 Å². The normalized spacial score (nSPS) is 13.5. The van der Waals surface area contributed by atoms with Crippen molar-refractivity contribution in [2.75, 3.05) is 13.7 Å². The fraction of sp³-hybridized carbons (Fsp3) is 0.450. The van der Waals surface area contributed by atoms with Gasteiger partial charge in [0.05, 0.1) is 13.7 Å². The van der Waals surface area contributed by atoms with E-state index in [-0.39, 0.29) is 18.3 Å². The predicted molar refractivity (Wildman–Crippen MR) is 99.2 cm³/mol. The topological polar surface area (TPSA) is 40.0 Å². The van der Waals surface area contributed by atoms with Crippen molar-refractivity contribution in [3.05, 3.63) is 54.2 Å². The molecule has 0 N–H and O–H groups in total. The summed E-state index contributed by atoms with van der Waals surface area (Å²) in [7, 11) is 1.56. The van der Waals surface area contributed by atoms with E-state index in [9.17, 15) is 4.39 Å². The lowest BCUT2D eigenvalue weighted by molar-refractivity contribution is 0.119. The largest absolute Gasteiger partial charge is 0.481 e. The molecule has 0 aromatic heterocycles. The second-order valence-corrected chi connectivity index (χ2v) is 5.66. The molecule has 0 spiro atoms. The molecular weight excluding hydrogens is 321 g/mol. The van der Waals surface area contributed by atoms with Crippen LogP contribution in [-0.4, -0.2) is 19.6 Å². The first kappa shape index (κ1) is 20.9. The van der Waals surface area contributed by atoms with Gasteiger partial charge in [-0.1, -0.05) is 27.4 Å². The summed E-state index contributed by atoms with van der Waals surface area (Å²) < 4.78 is 30.2. The minimum Gasteiger partial charge on any atom is -0.481 e. The van der Waals surface area contributed by atoms with Crippen LogP contribution in [0.5, 0.6) is 5.75 Å². The zero-order valence-electron chi connectivity index (χ0n) is 15.5. The van der Waals surface area contributed by atoms with E-state index in [0.29, 0.717) is 29.7 Å². The van der Waals surface area contributed by atoms with Gasteiger partial charge >= 0.3 is 0 Å². The number of hydrogen-bond donors (Lipinski definition) is 0. The van der Waals surface area contributed by atoms with Crippen molar-refractivity contribution in [2.24, 2.45) is 10.9 Å². The number of allylic oxidation sites excluding steroid dienone is 1. The molecule has 0 radical (unpaired) electrons. The second-order valence-electron chi connectivity index (χ2n) is 5.66. The Bertz CT molecular complexity index is 611. The van der Waals surface area contributed by atoms with Crippen molar-refractivity contribution in [3.63, 3.8) is 0 Å². The number of ether oxygens (including phenoxy) is 3. The first-order valence-corrected chi connectivity index (χ1v) is 8.54. The number of benzene rings is 1. The zero-order chi connectivity index (χ0) is 18.7. The second kappa shape index (κ2) is 11.4. The maximum absolute atomic E-state index is 13.8. The summed E-state index contributed by atoms with van der Waals surface area (Å²) in [5.74, 6) is 1.21. The van der Waals surface area contributed by atoms with Crippen LogP contribution in [0.4, 0.5) is 4.39 Å². The first-order chi connectivity index (χ1) is 12.0. The van der Waals surface area contributed by atoms with Gasteiger partial charge in [0.15, 0.2) is 0 Å². The summed E-state index contributed by atoms with van der Waals surface area (Å²) >= 11 is 0. The Morgan fingerprint density at radius 1 is 1.36 bits per heavy atom. The molecule has 0 aliphatic rings. The standard InChI is InChI=1S/C20H28FNO3/c1-6-11-24-14-16-13-17(9-10-18(16)21)25-19(8-3)22-20(23-5)12-15(4)7-2/h8-10,12-13,15H,3,6-7,11,14H2,1-2,4-5H3/b20-12+,22-19?. The molecule has 1 atom stereocenters. The number of halogens is 1. The molecule has 0 amide bonds. The van der Waals surface area contributed by atoms with E-state index in [1.807, 2.05) is 13.0 Å².